The summed E-state index contributed by atoms with van der Waals surface area (Å²) < 4.78 is 15.3. The summed E-state index contributed by atoms with van der Waals surface area (Å²) in [5.74, 6) is -0.132. The second kappa shape index (κ2) is 5.97. The molecule has 1 aromatic rings. The van der Waals surface area contributed by atoms with Crippen LogP contribution < -0.4 is 9.47 Å². The normalized spacial score (nSPS) is 9.88. The number of carboxylic acids is 1. The molecule has 0 atom stereocenters. The number of benzene rings is 1. The number of carboxylic acid groups (broad SMARTS) is 1. The SMILES string of the molecule is CCOc1cc(C(=O)O)ccc1OCOC. The second-order valence-corrected chi connectivity index (χ2v) is 2.95. The number of hydrogen-bond acceptors (Lipinski definition) is 4. The van der Waals surface area contributed by atoms with Gasteiger partial charge >= 0.3 is 5.97 Å². The molecule has 0 aliphatic carbocycles. The molecule has 88 valence electrons. The molecule has 0 aliphatic heterocycles. The number of hydrogen-bond donors (Lipinski definition) is 1. The Morgan fingerprint density at radius 2 is 2.06 bits per heavy atom. The number of ether oxygens (including phenoxy) is 3. The van der Waals surface area contributed by atoms with E-state index in [1.54, 1.807) is 6.07 Å². The zero-order valence-corrected chi connectivity index (χ0v) is 9.23. The molecule has 0 radical (unpaired) electrons. The van der Waals surface area contributed by atoms with Gasteiger partial charge in [0, 0.05) is 7.11 Å². The van der Waals surface area contributed by atoms with Crippen LogP contribution in [0.25, 0.3) is 0 Å². The maximum absolute atomic E-state index is 10.8. The average molecular weight is 226 g/mol. The fourth-order valence-electron chi connectivity index (χ4n) is 1.15. The van der Waals surface area contributed by atoms with E-state index in [1.165, 1.54) is 19.2 Å². The third kappa shape index (κ3) is 3.13. The predicted molar refractivity (Wildman–Crippen MR) is 57.1 cm³/mol. The Bertz CT molecular complexity index is 361. The van der Waals surface area contributed by atoms with E-state index in [1.807, 2.05) is 6.92 Å². The number of carbonyl (C=O) groups is 1. The second-order valence-electron chi connectivity index (χ2n) is 2.95. The summed E-state index contributed by atoms with van der Waals surface area (Å²) in [6, 6.07) is 4.43. The minimum absolute atomic E-state index is 0.0898. The molecule has 1 N–H and O–H groups in total. The molecule has 0 amide bonds. The molecular weight excluding hydrogens is 212 g/mol. The summed E-state index contributed by atoms with van der Waals surface area (Å²) in [5, 5.41) is 8.82. The van der Waals surface area contributed by atoms with Crippen molar-refractivity contribution < 1.29 is 24.1 Å². The molecule has 0 heterocycles. The third-order valence-corrected chi connectivity index (χ3v) is 1.82. The van der Waals surface area contributed by atoms with Gasteiger partial charge in [0.1, 0.15) is 0 Å². The Morgan fingerprint density at radius 1 is 1.31 bits per heavy atom. The molecule has 0 fully saturated rings. The van der Waals surface area contributed by atoms with Crippen molar-refractivity contribution in [3.8, 4) is 11.5 Å². The minimum Gasteiger partial charge on any atom is -0.490 e. The quantitative estimate of drug-likeness (QED) is 0.749. The smallest absolute Gasteiger partial charge is 0.335 e. The van der Waals surface area contributed by atoms with Gasteiger partial charge in [-0.3, -0.25) is 0 Å². The molecular formula is C11H14O5. The van der Waals surface area contributed by atoms with Crippen molar-refractivity contribution >= 4 is 5.97 Å². The maximum atomic E-state index is 10.8. The van der Waals surface area contributed by atoms with Gasteiger partial charge < -0.3 is 19.3 Å². The maximum Gasteiger partial charge on any atom is 0.335 e. The van der Waals surface area contributed by atoms with E-state index in [-0.39, 0.29) is 12.4 Å². The fourth-order valence-corrected chi connectivity index (χ4v) is 1.15. The van der Waals surface area contributed by atoms with Gasteiger partial charge in [-0.15, -0.1) is 0 Å². The molecule has 16 heavy (non-hydrogen) atoms. The first-order valence-electron chi connectivity index (χ1n) is 4.81. The van der Waals surface area contributed by atoms with E-state index in [2.05, 4.69) is 0 Å². The van der Waals surface area contributed by atoms with Crippen molar-refractivity contribution in [2.45, 2.75) is 6.92 Å². The zero-order valence-electron chi connectivity index (χ0n) is 9.23. The van der Waals surface area contributed by atoms with Crippen molar-refractivity contribution in [1.29, 1.82) is 0 Å². The van der Waals surface area contributed by atoms with Gasteiger partial charge in [0.25, 0.3) is 0 Å². The molecule has 0 bridgehead atoms. The fraction of sp³-hybridized carbons (Fsp3) is 0.364. The number of methoxy groups -OCH3 is 1. The van der Waals surface area contributed by atoms with Gasteiger partial charge in [-0.1, -0.05) is 0 Å². The molecule has 0 saturated heterocycles. The van der Waals surface area contributed by atoms with Crippen molar-refractivity contribution in [1.82, 2.24) is 0 Å². The van der Waals surface area contributed by atoms with Crippen LogP contribution in [0, 0.1) is 0 Å². The number of aromatic carboxylic acids is 1. The summed E-state index contributed by atoms with van der Waals surface area (Å²) in [6.07, 6.45) is 0. The molecule has 0 saturated carbocycles. The van der Waals surface area contributed by atoms with Crippen LogP contribution in [-0.4, -0.2) is 31.6 Å². The lowest BCUT2D eigenvalue weighted by Gasteiger charge is -2.11. The van der Waals surface area contributed by atoms with E-state index >= 15 is 0 Å². The van der Waals surface area contributed by atoms with Crippen LogP contribution in [0.4, 0.5) is 0 Å². The Labute approximate surface area is 93.6 Å². The van der Waals surface area contributed by atoms with E-state index in [9.17, 15) is 4.79 Å². The van der Waals surface area contributed by atoms with Crippen LogP contribution >= 0.6 is 0 Å². The van der Waals surface area contributed by atoms with Gasteiger partial charge in [-0.25, -0.2) is 4.79 Å². The third-order valence-electron chi connectivity index (χ3n) is 1.82. The van der Waals surface area contributed by atoms with Gasteiger partial charge in [0.05, 0.1) is 12.2 Å². The average Bonchev–Trinajstić information content (AvgIpc) is 2.27. The summed E-state index contributed by atoms with van der Waals surface area (Å²) in [5.41, 5.74) is 0.160. The van der Waals surface area contributed by atoms with Crippen molar-refractivity contribution in [3.05, 3.63) is 23.8 Å². The van der Waals surface area contributed by atoms with Gasteiger partial charge in [-0.2, -0.15) is 0 Å². The summed E-state index contributed by atoms with van der Waals surface area (Å²) >= 11 is 0. The molecule has 0 aromatic heterocycles. The summed E-state index contributed by atoms with van der Waals surface area (Å²) in [7, 11) is 1.51. The highest BCUT2D eigenvalue weighted by atomic mass is 16.7. The highest BCUT2D eigenvalue weighted by molar-refractivity contribution is 5.88. The molecule has 0 unspecified atom stereocenters. The van der Waals surface area contributed by atoms with Crippen LogP contribution in [0.1, 0.15) is 17.3 Å². The van der Waals surface area contributed by atoms with Crippen molar-refractivity contribution in [2.24, 2.45) is 0 Å². The molecule has 5 heteroatoms. The summed E-state index contributed by atoms with van der Waals surface area (Å²) in [6.45, 7) is 2.34. The Balaban J connectivity index is 2.94. The van der Waals surface area contributed by atoms with Crippen molar-refractivity contribution in [2.75, 3.05) is 20.5 Å². The molecule has 0 spiro atoms. The summed E-state index contributed by atoms with van der Waals surface area (Å²) in [4.78, 5) is 10.8. The van der Waals surface area contributed by atoms with E-state index < -0.39 is 5.97 Å². The largest absolute Gasteiger partial charge is 0.490 e. The topological polar surface area (TPSA) is 65.0 Å². The Hall–Kier alpha value is -1.75. The lowest BCUT2D eigenvalue weighted by molar-refractivity contribution is 0.0487. The van der Waals surface area contributed by atoms with Crippen LogP contribution in [0.2, 0.25) is 0 Å². The van der Waals surface area contributed by atoms with Crippen LogP contribution in [0.3, 0.4) is 0 Å². The van der Waals surface area contributed by atoms with Crippen LogP contribution in [0.15, 0.2) is 18.2 Å². The standard InChI is InChI=1S/C11H14O5/c1-3-15-10-6-8(11(12)13)4-5-9(10)16-7-14-2/h4-6H,3,7H2,1-2H3,(H,12,13). The lowest BCUT2D eigenvalue weighted by atomic mass is 10.2. The number of rotatable bonds is 6. The molecule has 5 nitrogen and oxygen atoms in total. The monoisotopic (exact) mass is 226 g/mol. The molecule has 0 aliphatic rings. The first-order chi connectivity index (χ1) is 7.69. The lowest BCUT2D eigenvalue weighted by Crippen LogP contribution is -2.04. The highest BCUT2D eigenvalue weighted by Gasteiger charge is 2.10. The Kier molecular flexibility index (Phi) is 4.60. The molecule has 1 aromatic carbocycles. The zero-order chi connectivity index (χ0) is 12.0. The Morgan fingerprint density at radius 3 is 2.62 bits per heavy atom. The van der Waals surface area contributed by atoms with E-state index in [4.69, 9.17) is 19.3 Å². The predicted octanol–water partition coefficient (Wildman–Crippen LogP) is 1.77. The van der Waals surface area contributed by atoms with E-state index in [0.29, 0.717) is 18.1 Å². The van der Waals surface area contributed by atoms with Crippen LogP contribution in [0.5, 0.6) is 11.5 Å². The first kappa shape index (κ1) is 12.3. The first-order valence-corrected chi connectivity index (χ1v) is 4.81. The minimum atomic E-state index is -1.00. The van der Waals surface area contributed by atoms with Gasteiger partial charge in [0.2, 0.25) is 0 Å². The van der Waals surface area contributed by atoms with Crippen molar-refractivity contribution in [3.63, 3.8) is 0 Å². The molecule has 1 rings (SSSR count). The highest BCUT2D eigenvalue weighted by Crippen LogP contribution is 2.28. The van der Waals surface area contributed by atoms with Crippen LogP contribution in [-0.2, 0) is 4.74 Å². The van der Waals surface area contributed by atoms with Gasteiger partial charge in [0.15, 0.2) is 18.3 Å². The van der Waals surface area contributed by atoms with Gasteiger partial charge in [-0.05, 0) is 25.1 Å². The van der Waals surface area contributed by atoms with E-state index in [0.717, 1.165) is 0 Å².